The van der Waals surface area contributed by atoms with Crippen LogP contribution in [0.15, 0.2) is 12.1 Å². The van der Waals surface area contributed by atoms with Crippen LogP contribution in [0.25, 0.3) is 0 Å². The molecule has 0 aromatic heterocycles. The molecule has 5 nitrogen and oxygen atoms in total. The van der Waals surface area contributed by atoms with Crippen LogP contribution in [0.1, 0.15) is 135 Å². The molecule has 2 aliphatic carbocycles. The average Bonchev–Trinajstić information content (AvgIpc) is 2.83. The van der Waals surface area contributed by atoms with Gasteiger partial charge in [-0.1, -0.05) is 92.2 Å². The van der Waals surface area contributed by atoms with Crippen LogP contribution in [-0.4, -0.2) is 39.4 Å². The van der Waals surface area contributed by atoms with Gasteiger partial charge in [-0.2, -0.15) is 0 Å². The van der Waals surface area contributed by atoms with Gasteiger partial charge in [-0.25, -0.2) is 0 Å². The zero-order chi connectivity index (χ0) is 27.1. The maximum absolute atomic E-state index is 13.8. The number of phenols is 1. The lowest BCUT2D eigenvalue weighted by Gasteiger charge is -2.53. The molecule has 2 saturated carbocycles. The fourth-order valence-electron chi connectivity index (χ4n) is 6.95. The summed E-state index contributed by atoms with van der Waals surface area (Å²) in [6.45, 7) is 13.4. The molecule has 0 unspecified atom stereocenters. The number of hydrogen-bond donors (Lipinski definition) is 2. The molecular weight excluding hydrogens is 460 g/mol. The smallest absolute Gasteiger partial charge is 0.249 e. The number of amides is 2. The number of benzene rings is 1. The van der Waals surface area contributed by atoms with Crippen molar-refractivity contribution in [3.63, 3.8) is 0 Å². The standard InChI is InChI=1S/C32H50N2O3/c1-29(2,3)24-21-23(22-25(26(24)35)30(4,5)6)15-9-14-20-34-27(36)31(16-10-7-11-17-31)33-32(28(34)37)18-12-8-13-19-32/h21-22,33,35H,7-20H2,1-6H3. The van der Waals surface area contributed by atoms with Crippen LogP contribution < -0.4 is 5.32 Å². The Hall–Kier alpha value is -1.88. The highest BCUT2D eigenvalue weighted by atomic mass is 16.3. The number of nitrogens with zero attached hydrogens (tertiary/aromatic N) is 1. The van der Waals surface area contributed by atoms with E-state index in [-0.39, 0.29) is 22.6 Å². The third-order valence-corrected chi connectivity index (χ3v) is 9.08. The van der Waals surface area contributed by atoms with Crippen molar-refractivity contribution in [2.75, 3.05) is 6.54 Å². The number of hydrogen-bond acceptors (Lipinski definition) is 4. The number of rotatable bonds is 5. The monoisotopic (exact) mass is 510 g/mol. The molecule has 1 saturated heterocycles. The molecule has 1 aromatic rings. The third-order valence-electron chi connectivity index (χ3n) is 9.08. The Morgan fingerprint density at radius 1 is 0.757 bits per heavy atom. The Kier molecular flexibility index (Phi) is 7.87. The predicted molar refractivity (Wildman–Crippen MR) is 150 cm³/mol. The minimum Gasteiger partial charge on any atom is -0.507 e. The fourth-order valence-corrected chi connectivity index (χ4v) is 6.95. The van der Waals surface area contributed by atoms with Gasteiger partial charge in [0.2, 0.25) is 11.8 Å². The Labute approximate surface area is 224 Å². The number of piperazine rings is 1. The Bertz CT molecular complexity index is 931. The zero-order valence-corrected chi connectivity index (χ0v) is 24.3. The van der Waals surface area contributed by atoms with Gasteiger partial charge < -0.3 is 5.11 Å². The van der Waals surface area contributed by atoms with Gasteiger partial charge in [0.25, 0.3) is 0 Å². The highest BCUT2D eigenvalue weighted by molar-refractivity contribution is 6.07. The highest BCUT2D eigenvalue weighted by Crippen LogP contribution is 2.42. The van der Waals surface area contributed by atoms with Crippen molar-refractivity contribution in [3.8, 4) is 5.75 Å². The van der Waals surface area contributed by atoms with Crippen LogP contribution in [0.4, 0.5) is 0 Å². The maximum Gasteiger partial charge on any atom is 0.249 e. The van der Waals surface area contributed by atoms with Crippen LogP contribution in [-0.2, 0) is 26.8 Å². The van der Waals surface area contributed by atoms with E-state index in [0.29, 0.717) is 12.3 Å². The van der Waals surface area contributed by atoms with Gasteiger partial charge in [0.15, 0.2) is 0 Å². The van der Waals surface area contributed by atoms with Gasteiger partial charge in [-0.3, -0.25) is 19.8 Å². The van der Waals surface area contributed by atoms with E-state index in [0.717, 1.165) is 81.8 Å². The molecule has 1 heterocycles. The minimum atomic E-state index is -0.538. The van der Waals surface area contributed by atoms with Gasteiger partial charge in [0.05, 0.1) is 11.1 Å². The molecule has 2 spiro atoms. The molecule has 4 rings (SSSR count). The molecule has 0 radical (unpaired) electrons. The van der Waals surface area contributed by atoms with E-state index in [9.17, 15) is 14.7 Å². The molecule has 3 aliphatic rings. The van der Waals surface area contributed by atoms with Crippen LogP contribution in [0, 0.1) is 0 Å². The molecule has 5 heteroatoms. The van der Waals surface area contributed by atoms with Crippen LogP contribution in [0.3, 0.4) is 0 Å². The number of nitrogens with one attached hydrogen (secondary N) is 1. The summed E-state index contributed by atoms with van der Waals surface area (Å²) in [4.78, 5) is 29.2. The van der Waals surface area contributed by atoms with Gasteiger partial charge >= 0.3 is 0 Å². The van der Waals surface area contributed by atoms with Crippen LogP contribution in [0.5, 0.6) is 5.75 Å². The number of carbonyl (C=O) groups excluding carboxylic acids is 2. The largest absolute Gasteiger partial charge is 0.507 e. The summed E-state index contributed by atoms with van der Waals surface area (Å²) in [6, 6.07) is 4.31. The molecule has 0 bridgehead atoms. The first-order chi connectivity index (χ1) is 17.3. The molecule has 2 N–H and O–H groups in total. The Balaban J connectivity index is 1.50. The van der Waals surface area contributed by atoms with Gasteiger partial charge in [-0.15, -0.1) is 0 Å². The predicted octanol–water partition coefficient (Wildman–Crippen LogP) is 6.67. The lowest BCUT2D eigenvalue weighted by molar-refractivity contribution is -0.164. The van der Waals surface area contributed by atoms with E-state index < -0.39 is 11.1 Å². The van der Waals surface area contributed by atoms with E-state index in [1.807, 2.05) is 0 Å². The number of phenolic OH excluding ortho intramolecular Hbond substituents is 1. The van der Waals surface area contributed by atoms with E-state index in [1.165, 1.54) is 18.4 Å². The number of aryl methyl sites for hydroxylation is 1. The number of aromatic hydroxyl groups is 1. The second-order valence-electron chi connectivity index (χ2n) is 14.2. The van der Waals surface area contributed by atoms with E-state index in [4.69, 9.17) is 0 Å². The van der Waals surface area contributed by atoms with Gasteiger partial charge in [0.1, 0.15) is 5.75 Å². The summed E-state index contributed by atoms with van der Waals surface area (Å²) >= 11 is 0. The molecule has 37 heavy (non-hydrogen) atoms. The Morgan fingerprint density at radius 3 is 1.59 bits per heavy atom. The first-order valence-corrected chi connectivity index (χ1v) is 14.8. The van der Waals surface area contributed by atoms with Gasteiger partial charge in [0, 0.05) is 6.54 Å². The maximum atomic E-state index is 13.8. The summed E-state index contributed by atoms with van der Waals surface area (Å²) in [5.41, 5.74) is 1.82. The van der Waals surface area contributed by atoms with E-state index in [2.05, 4.69) is 59.0 Å². The number of unbranched alkanes of at least 4 members (excludes halogenated alkanes) is 1. The van der Waals surface area contributed by atoms with Crippen molar-refractivity contribution in [2.45, 2.75) is 147 Å². The van der Waals surface area contributed by atoms with Crippen LogP contribution in [0.2, 0.25) is 0 Å². The molecular formula is C32H50N2O3. The third kappa shape index (κ3) is 5.62. The van der Waals surface area contributed by atoms with E-state index in [1.54, 1.807) is 4.90 Å². The topological polar surface area (TPSA) is 69.6 Å². The molecule has 0 atom stereocenters. The summed E-state index contributed by atoms with van der Waals surface area (Å²) in [6.07, 6.45) is 12.6. The first-order valence-electron chi connectivity index (χ1n) is 14.8. The lowest BCUT2D eigenvalue weighted by Crippen LogP contribution is -2.76. The Morgan fingerprint density at radius 2 is 1.19 bits per heavy atom. The fraction of sp³-hybridized carbons (Fsp3) is 0.750. The van der Waals surface area contributed by atoms with Crippen molar-refractivity contribution in [1.82, 2.24) is 10.2 Å². The van der Waals surface area contributed by atoms with Crippen molar-refractivity contribution in [3.05, 3.63) is 28.8 Å². The molecule has 2 amide bonds. The van der Waals surface area contributed by atoms with Crippen LogP contribution >= 0.6 is 0 Å². The van der Waals surface area contributed by atoms with E-state index >= 15 is 0 Å². The number of carbonyl (C=O) groups is 2. The summed E-state index contributed by atoms with van der Waals surface area (Å²) in [5, 5.41) is 14.8. The second kappa shape index (κ2) is 10.4. The molecule has 1 aliphatic heterocycles. The molecule has 206 valence electrons. The van der Waals surface area contributed by atoms with Gasteiger partial charge in [-0.05, 0) is 72.5 Å². The average molecular weight is 511 g/mol. The summed E-state index contributed by atoms with van der Waals surface area (Å²) in [7, 11) is 0. The highest BCUT2D eigenvalue weighted by Gasteiger charge is 2.57. The SMILES string of the molecule is CC(C)(C)c1cc(CCCCN2C(=O)C3(CCCCC3)NC3(CCCCC3)C2=O)cc(C(C)(C)C)c1O. The van der Waals surface area contributed by atoms with Crippen molar-refractivity contribution in [2.24, 2.45) is 0 Å². The quantitative estimate of drug-likeness (QED) is 0.343. The zero-order valence-electron chi connectivity index (χ0n) is 24.3. The van der Waals surface area contributed by atoms with Crippen molar-refractivity contribution >= 4 is 11.8 Å². The summed E-state index contributed by atoms with van der Waals surface area (Å²) < 4.78 is 0. The lowest BCUT2D eigenvalue weighted by atomic mass is 9.71. The molecule has 1 aromatic carbocycles. The van der Waals surface area contributed by atoms with Crippen molar-refractivity contribution < 1.29 is 14.7 Å². The summed E-state index contributed by atoms with van der Waals surface area (Å²) in [5.74, 6) is 0.474. The minimum absolute atomic E-state index is 0.0306. The second-order valence-corrected chi connectivity index (χ2v) is 14.2. The normalized spacial score (nSPS) is 22.2. The first kappa shape index (κ1) is 28.1. The molecule has 3 fully saturated rings. The number of imide groups is 1. The van der Waals surface area contributed by atoms with Crippen molar-refractivity contribution in [1.29, 1.82) is 0 Å².